The number of hydrogen-bond acceptors (Lipinski definition) is 4. The first-order valence-electron chi connectivity index (χ1n) is 7.12. The summed E-state index contributed by atoms with van der Waals surface area (Å²) in [5.41, 5.74) is 3.83. The smallest absolute Gasteiger partial charge is 0.130 e. The number of nitrogens with one attached hydrogen (secondary N) is 2. The van der Waals surface area contributed by atoms with E-state index in [0.29, 0.717) is 5.92 Å². The fourth-order valence-electron chi connectivity index (χ4n) is 3.01. The van der Waals surface area contributed by atoms with Crippen LogP contribution < -0.4 is 5.32 Å². The molecule has 2 aromatic rings. The number of nitrogens with zero attached hydrogens (tertiary/aromatic N) is 3. The van der Waals surface area contributed by atoms with Gasteiger partial charge in [-0.1, -0.05) is 6.07 Å². The van der Waals surface area contributed by atoms with Gasteiger partial charge in [0.25, 0.3) is 0 Å². The summed E-state index contributed by atoms with van der Waals surface area (Å²) < 4.78 is 0. The Morgan fingerprint density at radius 3 is 3.15 bits per heavy atom. The number of likely N-dealkylation sites (tertiary alicyclic amines) is 1. The summed E-state index contributed by atoms with van der Waals surface area (Å²) in [7, 11) is 1.92. The fraction of sp³-hybridized carbons (Fsp3) is 0.467. The first-order valence-corrected chi connectivity index (χ1v) is 7.12. The van der Waals surface area contributed by atoms with Gasteiger partial charge in [0.05, 0.1) is 6.20 Å². The third kappa shape index (κ3) is 2.54. The number of hydrogen-bond donors (Lipinski definition) is 2. The average molecular weight is 271 g/mol. The molecular formula is C15H21N5. The molecule has 0 bridgehead atoms. The molecule has 0 aromatic carbocycles. The summed E-state index contributed by atoms with van der Waals surface area (Å²) in [6.07, 6.45) is 4.94. The zero-order valence-electron chi connectivity index (χ0n) is 12.1. The lowest BCUT2D eigenvalue weighted by Gasteiger charge is -2.17. The van der Waals surface area contributed by atoms with E-state index in [1.807, 2.05) is 25.5 Å². The van der Waals surface area contributed by atoms with E-state index in [2.05, 4.69) is 38.4 Å². The molecule has 5 nitrogen and oxygen atoms in total. The van der Waals surface area contributed by atoms with Crippen LogP contribution in [0.2, 0.25) is 0 Å². The van der Waals surface area contributed by atoms with E-state index >= 15 is 0 Å². The van der Waals surface area contributed by atoms with E-state index in [4.69, 9.17) is 0 Å². The minimum absolute atomic E-state index is 0.576. The fourth-order valence-corrected chi connectivity index (χ4v) is 3.01. The van der Waals surface area contributed by atoms with Crippen molar-refractivity contribution in [2.75, 3.05) is 25.5 Å². The van der Waals surface area contributed by atoms with Crippen molar-refractivity contribution in [1.82, 2.24) is 20.1 Å². The number of aromatic amines is 1. The lowest BCUT2D eigenvalue weighted by molar-refractivity contribution is 0.326. The van der Waals surface area contributed by atoms with Crippen molar-refractivity contribution < 1.29 is 0 Å². The van der Waals surface area contributed by atoms with E-state index in [-0.39, 0.29) is 0 Å². The van der Waals surface area contributed by atoms with Gasteiger partial charge >= 0.3 is 0 Å². The zero-order valence-corrected chi connectivity index (χ0v) is 12.1. The summed E-state index contributed by atoms with van der Waals surface area (Å²) in [5, 5.41) is 10.5. The molecule has 20 heavy (non-hydrogen) atoms. The Kier molecular flexibility index (Phi) is 3.69. The number of rotatable bonds is 4. The van der Waals surface area contributed by atoms with Crippen molar-refractivity contribution in [3.8, 4) is 0 Å². The van der Waals surface area contributed by atoms with Gasteiger partial charge in [0, 0.05) is 43.5 Å². The summed E-state index contributed by atoms with van der Waals surface area (Å²) in [5.74, 6) is 1.56. The minimum Gasteiger partial charge on any atom is -0.373 e. The topological polar surface area (TPSA) is 56.8 Å². The maximum Gasteiger partial charge on any atom is 0.130 e. The molecule has 5 heteroatoms. The molecule has 1 unspecified atom stereocenters. The Bertz CT molecular complexity index is 577. The Hall–Kier alpha value is -1.88. The highest BCUT2D eigenvalue weighted by Gasteiger charge is 2.26. The van der Waals surface area contributed by atoms with Crippen molar-refractivity contribution in [3.05, 3.63) is 41.3 Å². The molecule has 0 saturated carbocycles. The number of H-pyrrole nitrogens is 1. The van der Waals surface area contributed by atoms with Crippen LogP contribution in [0.5, 0.6) is 0 Å². The van der Waals surface area contributed by atoms with Crippen molar-refractivity contribution in [3.63, 3.8) is 0 Å². The molecule has 1 aliphatic heterocycles. The van der Waals surface area contributed by atoms with Gasteiger partial charge in [0.2, 0.25) is 0 Å². The lowest BCUT2D eigenvalue weighted by atomic mass is 10.0. The van der Waals surface area contributed by atoms with Crippen LogP contribution in [0.3, 0.4) is 0 Å². The van der Waals surface area contributed by atoms with Crippen LogP contribution in [0.25, 0.3) is 0 Å². The highest BCUT2D eigenvalue weighted by Crippen LogP contribution is 2.29. The quantitative estimate of drug-likeness (QED) is 0.894. The molecule has 2 aromatic heterocycles. The molecule has 106 valence electrons. The predicted molar refractivity (Wildman–Crippen MR) is 79.7 cm³/mol. The van der Waals surface area contributed by atoms with Gasteiger partial charge in [-0.05, 0) is 31.5 Å². The molecule has 0 amide bonds. The summed E-state index contributed by atoms with van der Waals surface area (Å²) >= 11 is 0. The van der Waals surface area contributed by atoms with E-state index < -0.39 is 0 Å². The zero-order chi connectivity index (χ0) is 13.9. The molecule has 1 aliphatic rings. The van der Waals surface area contributed by atoms with Crippen LogP contribution in [0.4, 0.5) is 5.82 Å². The van der Waals surface area contributed by atoms with E-state index in [9.17, 15) is 0 Å². The first-order chi connectivity index (χ1) is 9.78. The monoisotopic (exact) mass is 271 g/mol. The highest BCUT2D eigenvalue weighted by molar-refractivity contribution is 5.42. The molecule has 1 saturated heterocycles. The molecular weight excluding hydrogens is 250 g/mol. The SMILES string of the molecule is CNc1ncccc1CN1CCC(c2[nH]ncc2C)C1. The molecule has 0 radical (unpaired) electrons. The van der Waals surface area contributed by atoms with E-state index in [1.54, 1.807) is 0 Å². The van der Waals surface area contributed by atoms with Crippen LogP contribution in [0.15, 0.2) is 24.5 Å². The number of aryl methyl sites for hydroxylation is 1. The molecule has 0 spiro atoms. The molecule has 1 atom stereocenters. The van der Waals surface area contributed by atoms with Gasteiger partial charge in [-0.2, -0.15) is 5.10 Å². The highest BCUT2D eigenvalue weighted by atomic mass is 15.2. The lowest BCUT2D eigenvalue weighted by Crippen LogP contribution is -2.20. The number of pyridine rings is 1. The Labute approximate surface area is 119 Å². The van der Waals surface area contributed by atoms with Crippen LogP contribution >= 0.6 is 0 Å². The number of anilines is 1. The van der Waals surface area contributed by atoms with Gasteiger partial charge in [-0.3, -0.25) is 10.00 Å². The molecule has 2 N–H and O–H groups in total. The van der Waals surface area contributed by atoms with Crippen molar-refractivity contribution in [2.24, 2.45) is 0 Å². The maximum atomic E-state index is 4.37. The molecule has 1 fully saturated rings. The van der Waals surface area contributed by atoms with Crippen molar-refractivity contribution in [2.45, 2.75) is 25.8 Å². The second-order valence-electron chi connectivity index (χ2n) is 5.45. The van der Waals surface area contributed by atoms with Crippen LogP contribution in [-0.4, -0.2) is 40.2 Å². The minimum atomic E-state index is 0.576. The van der Waals surface area contributed by atoms with Gasteiger partial charge in [0.1, 0.15) is 5.82 Å². The summed E-state index contributed by atoms with van der Waals surface area (Å²) in [4.78, 5) is 6.86. The standard InChI is InChI=1S/C15H21N5/c1-11-8-18-19-14(11)12-5-7-20(9-12)10-13-4-3-6-17-15(13)16-2/h3-4,6,8,12H,5,7,9-10H2,1-2H3,(H,16,17)(H,18,19). The Morgan fingerprint density at radius 2 is 2.40 bits per heavy atom. The van der Waals surface area contributed by atoms with Gasteiger partial charge in [-0.15, -0.1) is 0 Å². The van der Waals surface area contributed by atoms with Crippen LogP contribution in [0, 0.1) is 6.92 Å². The molecule has 3 rings (SSSR count). The second-order valence-corrected chi connectivity index (χ2v) is 5.45. The van der Waals surface area contributed by atoms with Crippen molar-refractivity contribution in [1.29, 1.82) is 0 Å². The molecule has 3 heterocycles. The number of aromatic nitrogens is 3. The summed E-state index contributed by atoms with van der Waals surface area (Å²) in [6.45, 7) is 5.29. The molecule has 0 aliphatic carbocycles. The maximum absolute atomic E-state index is 4.37. The first kappa shape index (κ1) is 13.1. The predicted octanol–water partition coefficient (Wildman–Crippen LogP) is 2.14. The third-order valence-electron chi connectivity index (χ3n) is 4.07. The van der Waals surface area contributed by atoms with Gasteiger partial charge in [-0.25, -0.2) is 4.98 Å². The largest absolute Gasteiger partial charge is 0.373 e. The Balaban J connectivity index is 1.67. The second kappa shape index (κ2) is 5.63. The van der Waals surface area contributed by atoms with E-state index in [0.717, 1.165) is 25.5 Å². The summed E-state index contributed by atoms with van der Waals surface area (Å²) in [6, 6.07) is 4.15. The van der Waals surface area contributed by atoms with Crippen molar-refractivity contribution >= 4 is 5.82 Å². The third-order valence-corrected chi connectivity index (χ3v) is 4.07. The van der Waals surface area contributed by atoms with Gasteiger partial charge in [0.15, 0.2) is 0 Å². The van der Waals surface area contributed by atoms with Crippen LogP contribution in [-0.2, 0) is 6.54 Å². The van der Waals surface area contributed by atoms with Crippen LogP contribution in [0.1, 0.15) is 29.2 Å². The van der Waals surface area contributed by atoms with Gasteiger partial charge < -0.3 is 5.32 Å². The average Bonchev–Trinajstić information content (AvgIpc) is 3.08. The Morgan fingerprint density at radius 1 is 1.50 bits per heavy atom. The normalized spacial score (nSPS) is 19.4. The van der Waals surface area contributed by atoms with E-state index in [1.165, 1.54) is 23.2 Å².